The molecule has 0 saturated heterocycles. The van der Waals surface area contributed by atoms with Gasteiger partial charge in [0.25, 0.3) is 0 Å². The van der Waals surface area contributed by atoms with Crippen molar-refractivity contribution >= 4 is 5.97 Å². The molecule has 76 valence electrons. The van der Waals surface area contributed by atoms with Crippen molar-refractivity contribution in [3.05, 3.63) is 29.8 Å². The number of hydrogen-bond donors (Lipinski definition) is 2. The fourth-order valence-electron chi connectivity index (χ4n) is 1.13. The minimum atomic E-state index is -1.03. The van der Waals surface area contributed by atoms with Crippen LogP contribution in [-0.2, 0) is 9.53 Å². The molecule has 0 aliphatic carbocycles. The van der Waals surface area contributed by atoms with Gasteiger partial charge in [-0.15, -0.1) is 0 Å². The molecule has 4 heteroatoms. The lowest BCUT2D eigenvalue weighted by molar-refractivity contribution is -0.150. The SMILES string of the molecule is CCOC(C(=O)O)c1ccc(O)cc1. The van der Waals surface area contributed by atoms with E-state index < -0.39 is 12.1 Å². The molecule has 0 fully saturated rings. The van der Waals surface area contributed by atoms with Crippen molar-refractivity contribution < 1.29 is 19.7 Å². The summed E-state index contributed by atoms with van der Waals surface area (Å²) in [6.45, 7) is 2.06. The first-order valence-electron chi connectivity index (χ1n) is 4.28. The molecular weight excluding hydrogens is 184 g/mol. The van der Waals surface area contributed by atoms with Gasteiger partial charge in [-0.1, -0.05) is 12.1 Å². The molecule has 0 amide bonds. The summed E-state index contributed by atoms with van der Waals surface area (Å²) in [5.74, 6) is -0.924. The van der Waals surface area contributed by atoms with Crippen LogP contribution in [0.5, 0.6) is 5.75 Å². The van der Waals surface area contributed by atoms with Crippen molar-refractivity contribution in [2.45, 2.75) is 13.0 Å². The number of aliphatic carboxylic acids is 1. The fourth-order valence-corrected chi connectivity index (χ4v) is 1.13. The molecule has 14 heavy (non-hydrogen) atoms. The number of phenols is 1. The summed E-state index contributed by atoms with van der Waals surface area (Å²) in [7, 11) is 0. The fraction of sp³-hybridized carbons (Fsp3) is 0.300. The number of phenolic OH excluding ortho intramolecular Hbond substituents is 1. The van der Waals surface area contributed by atoms with E-state index in [-0.39, 0.29) is 5.75 Å². The maximum atomic E-state index is 10.8. The van der Waals surface area contributed by atoms with Crippen LogP contribution in [-0.4, -0.2) is 22.8 Å². The molecule has 1 unspecified atom stereocenters. The zero-order valence-electron chi connectivity index (χ0n) is 7.80. The van der Waals surface area contributed by atoms with Crippen molar-refractivity contribution in [2.75, 3.05) is 6.61 Å². The van der Waals surface area contributed by atoms with E-state index >= 15 is 0 Å². The minimum Gasteiger partial charge on any atom is -0.508 e. The van der Waals surface area contributed by atoms with Gasteiger partial charge in [0.2, 0.25) is 0 Å². The quantitative estimate of drug-likeness (QED) is 0.766. The second-order valence-electron chi connectivity index (χ2n) is 2.77. The predicted octanol–water partition coefficient (Wildman–Crippen LogP) is 1.55. The van der Waals surface area contributed by atoms with Gasteiger partial charge in [0, 0.05) is 6.61 Å². The summed E-state index contributed by atoms with van der Waals surface area (Å²) in [6, 6.07) is 5.93. The number of hydrogen-bond acceptors (Lipinski definition) is 3. The highest BCUT2D eigenvalue weighted by Gasteiger charge is 2.19. The Hall–Kier alpha value is -1.55. The smallest absolute Gasteiger partial charge is 0.337 e. The van der Waals surface area contributed by atoms with Gasteiger partial charge in [-0.25, -0.2) is 4.79 Å². The average molecular weight is 196 g/mol. The van der Waals surface area contributed by atoms with Crippen LogP contribution in [0.25, 0.3) is 0 Å². The van der Waals surface area contributed by atoms with Crippen LogP contribution < -0.4 is 0 Å². The molecule has 0 aliphatic rings. The van der Waals surface area contributed by atoms with Gasteiger partial charge < -0.3 is 14.9 Å². The first-order valence-corrected chi connectivity index (χ1v) is 4.28. The van der Waals surface area contributed by atoms with Crippen molar-refractivity contribution in [3.8, 4) is 5.75 Å². The minimum absolute atomic E-state index is 0.106. The number of carboxylic acids is 1. The summed E-state index contributed by atoms with van der Waals surface area (Å²) in [5, 5.41) is 17.9. The Morgan fingerprint density at radius 3 is 2.43 bits per heavy atom. The lowest BCUT2D eigenvalue weighted by Crippen LogP contribution is -2.15. The second kappa shape index (κ2) is 4.62. The highest BCUT2D eigenvalue weighted by atomic mass is 16.5. The van der Waals surface area contributed by atoms with Crippen LogP contribution in [0.4, 0.5) is 0 Å². The summed E-state index contributed by atoms with van der Waals surface area (Å²) in [5.41, 5.74) is 0.525. The topological polar surface area (TPSA) is 66.8 Å². The van der Waals surface area contributed by atoms with Crippen LogP contribution in [0.3, 0.4) is 0 Å². The molecule has 0 bridgehead atoms. The Labute approximate surface area is 81.8 Å². The van der Waals surface area contributed by atoms with Crippen LogP contribution in [0.1, 0.15) is 18.6 Å². The van der Waals surface area contributed by atoms with Gasteiger partial charge in [-0.2, -0.15) is 0 Å². The number of ether oxygens (including phenoxy) is 1. The van der Waals surface area contributed by atoms with Crippen LogP contribution >= 0.6 is 0 Å². The van der Waals surface area contributed by atoms with E-state index in [1.54, 1.807) is 6.92 Å². The Kier molecular flexibility index (Phi) is 3.48. The molecule has 0 spiro atoms. The summed E-state index contributed by atoms with van der Waals surface area (Å²) in [6.07, 6.45) is -0.958. The van der Waals surface area contributed by atoms with Crippen molar-refractivity contribution in [2.24, 2.45) is 0 Å². The molecule has 0 aromatic heterocycles. The summed E-state index contributed by atoms with van der Waals surface area (Å²) >= 11 is 0. The zero-order chi connectivity index (χ0) is 10.6. The molecule has 0 radical (unpaired) electrons. The predicted molar refractivity (Wildman–Crippen MR) is 50.1 cm³/mol. The van der Waals surface area contributed by atoms with E-state index in [9.17, 15) is 4.79 Å². The van der Waals surface area contributed by atoms with E-state index in [2.05, 4.69) is 0 Å². The molecule has 1 atom stereocenters. The van der Waals surface area contributed by atoms with Crippen LogP contribution in [0.2, 0.25) is 0 Å². The van der Waals surface area contributed by atoms with Gasteiger partial charge >= 0.3 is 5.97 Å². The first-order chi connectivity index (χ1) is 6.65. The molecule has 2 N–H and O–H groups in total. The Balaban J connectivity index is 2.87. The molecule has 0 heterocycles. The molecule has 0 aliphatic heterocycles. The lowest BCUT2D eigenvalue weighted by Gasteiger charge is -2.12. The third-order valence-corrected chi connectivity index (χ3v) is 1.75. The van der Waals surface area contributed by atoms with Crippen LogP contribution in [0, 0.1) is 0 Å². The number of aromatic hydroxyl groups is 1. The Bertz CT molecular complexity index is 304. The van der Waals surface area contributed by atoms with Crippen molar-refractivity contribution in [1.82, 2.24) is 0 Å². The van der Waals surface area contributed by atoms with E-state index in [0.29, 0.717) is 12.2 Å². The molecule has 1 aromatic rings. The number of rotatable bonds is 4. The largest absolute Gasteiger partial charge is 0.508 e. The van der Waals surface area contributed by atoms with Crippen LogP contribution in [0.15, 0.2) is 24.3 Å². The normalized spacial score (nSPS) is 12.4. The Morgan fingerprint density at radius 2 is 2.00 bits per heavy atom. The maximum absolute atomic E-state index is 10.8. The van der Waals surface area contributed by atoms with E-state index in [1.165, 1.54) is 24.3 Å². The molecule has 0 saturated carbocycles. The standard InChI is InChI=1S/C10H12O4/c1-2-14-9(10(12)13)7-3-5-8(11)6-4-7/h3-6,9,11H,2H2,1H3,(H,12,13). The monoisotopic (exact) mass is 196 g/mol. The summed E-state index contributed by atoms with van der Waals surface area (Å²) in [4.78, 5) is 10.8. The number of carbonyl (C=O) groups is 1. The lowest BCUT2D eigenvalue weighted by atomic mass is 10.1. The first kappa shape index (κ1) is 10.5. The Morgan fingerprint density at radius 1 is 1.43 bits per heavy atom. The summed E-state index contributed by atoms with van der Waals surface area (Å²) < 4.78 is 5.05. The van der Waals surface area contributed by atoms with E-state index in [4.69, 9.17) is 14.9 Å². The molecule has 1 aromatic carbocycles. The molecular formula is C10H12O4. The average Bonchev–Trinajstić information content (AvgIpc) is 2.15. The van der Waals surface area contributed by atoms with Crippen molar-refractivity contribution in [1.29, 1.82) is 0 Å². The third-order valence-electron chi connectivity index (χ3n) is 1.75. The molecule has 1 rings (SSSR count). The second-order valence-corrected chi connectivity index (χ2v) is 2.77. The zero-order valence-corrected chi connectivity index (χ0v) is 7.80. The van der Waals surface area contributed by atoms with E-state index in [1.807, 2.05) is 0 Å². The highest BCUT2D eigenvalue weighted by molar-refractivity contribution is 5.74. The van der Waals surface area contributed by atoms with E-state index in [0.717, 1.165) is 0 Å². The van der Waals surface area contributed by atoms with Gasteiger partial charge in [-0.3, -0.25) is 0 Å². The third kappa shape index (κ3) is 2.47. The number of carboxylic acid groups (broad SMARTS) is 1. The van der Waals surface area contributed by atoms with Gasteiger partial charge in [0.15, 0.2) is 6.10 Å². The maximum Gasteiger partial charge on any atom is 0.337 e. The number of benzene rings is 1. The van der Waals surface area contributed by atoms with Crippen molar-refractivity contribution in [3.63, 3.8) is 0 Å². The van der Waals surface area contributed by atoms with Gasteiger partial charge in [-0.05, 0) is 24.6 Å². The molecule has 4 nitrogen and oxygen atoms in total. The van der Waals surface area contributed by atoms with Gasteiger partial charge in [0.1, 0.15) is 5.75 Å². The highest BCUT2D eigenvalue weighted by Crippen LogP contribution is 2.20. The van der Waals surface area contributed by atoms with Gasteiger partial charge in [0.05, 0.1) is 0 Å².